The lowest BCUT2D eigenvalue weighted by Crippen LogP contribution is -2.49. The fourth-order valence-electron chi connectivity index (χ4n) is 3.33. The predicted octanol–water partition coefficient (Wildman–Crippen LogP) is 0.687. The van der Waals surface area contributed by atoms with Gasteiger partial charge in [-0.15, -0.1) is 12.4 Å². The Hall–Kier alpha value is -1.14. The van der Waals surface area contributed by atoms with Crippen molar-refractivity contribution >= 4 is 18.3 Å². The molecular formula is C16H25ClN4O. The van der Waals surface area contributed by atoms with E-state index < -0.39 is 0 Å². The molecule has 2 heterocycles. The van der Waals surface area contributed by atoms with Crippen LogP contribution >= 0.6 is 12.4 Å². The minimum Gasteiger partial charge on any atom is -0.366 e. The number of nitrogens with two attached hydrogens (primary N) is 1. The van der Waals surface area contributed by atoms with Gasteiger partial charge in [-0.25, -0.2) is 0 Å². The van der Waals surface area contributed by atoms with Crippen LogP contribution in [0.25, 0.3) is 0 Å². The summed E-state index contributed by atoms with van der Waals surface area (Å²) >= 11 is 0. The third kappa shape index (κ3) is 4.20. The number of carbonyl (C=O) groups is 1. The summed E-state index contributed by atoms with van der Waals surface area (Å²) in [5.74, 6) is -0.360. The van der Waals surface area contributed by atoms with Crippen LogP contribution in [-0.2, 0) is 6.54 Å². The summed E-state index contributed by atoms with van der Waals surface area (Å²) < 4.78 is 0. The van der Waals surface area contributed by atoms with Gasteiger partial charge in [0, 0.05) is 57.4 Å². The van der Waals surface area contributed by atoms with Crippen LogP contribution in [0, 0.1) is 0 Å². The zero-order valence-corrected chi connectivity index (χ0v) is 13.6. The van der Waals surface area contributed by atoms with Crippen molar-refractivity contribution in [2.24, 2.45) is 5.73 Å². The molecule has 1 atom stereocenters. The van der Waals surface area contributed by atoms with Crippen molar-refractivity contribution < 1.29 is 4.79 Å². The number of hydrogen-bond donors (Lipinski definition) is 2. The van der Waals surface area contributed by atoms with Gasteiger partial charge >= 0.3 is 0 Å². The van der Waals surface area contributed by atoms with Crippen LogP contribution in [0.2, 0.25) is 0 Å². The lowest BCUT2D eigenvalue weighted by molar-refractivity contribution is 0.100. The summed E-state index contributed by atoms with van der Waals surface area (Å²) in [7, 11) is 0. The van der Waals surface area contributed by atoms with Crippen molar-refractivity contribution in [1.29, 1.82) is 0 Å². The quantitative estimate of drug-likeness (QED) is 0.855. The van der Waals surface area contributed by atoms with Crippen molar-refractivity contribution in [1.82, 2.24) is 15.1 Å². The third-order valence-electron chi connectivity index (χ3n) is 4.56. The Morgan fingerprint density at radius 1 is 1.18 bits per heavy atom. The van der Waals surface area contributed by atoms with Crippen molar-refractivity contribution in [3.05, 3.63) is 35.4 Å². The Kier molecular flexibility index (Phi) is 6.20. The molecule has 3 rings (SSSR count). The molecule has 122 valence electrons. The highest BCUT2D eigenvalue weighted by atomic mass is 35.5. The molecule has 1 aromatic rings. The minimum absolute atomic E-state index is 0. The molecule has 0 radical (unpaired) electrons. The van der Waals surface area contributed by atoms with Gasteiger partial charge in [0.25, 0.3) is 0 Å². The van der Waals surface area contributed by atoms with Crippen molar-refractivity contribution in [3.63, 3.8) is 0 Å². The van der Waals surface area contributed by atoms with Crippen molar-refractivity contribution in [2.75, 3.05) is 39.3 Å². The second-order valence-corrected chi connectivity index (χ2v) is 6.02. The maximum atomic E-state index is 11.1. The summed E-state index contributed by atoms with van der Waals surface area (Å²) in [6.45, 7) is 7.85. The number of benzene rings is 1. The molecule has 1 aromatic carbocycles. The molecule has 5 nitrogen and oxygen atoms in total. The number of halogens is 1. The van der Waals surface area contributed by atoms with E-state index in [1.54, 1.807) is 0 Å². The average Bonchev–Trinajstić information content (AvgIpc) is 2.97. The number of piperazine rings is 1. The highest BCUT2D eigenvalue weighted by Gasteiger charge is 2.28. The fourth-order valence-corrected chi connectivity index (χ4v) is 3.33. The van der Waals surface area contributed by atoms with E-state index in [1.807, 2.05) is 24.3 Å². The Morgan fingerprint density at radius 2 is 1.86 bits per heavy atom. The molecule has 0 aromatic heterocycles. The number of rotatable bonds is 4. The van der Waals surface area contributed by atoms with Gasteiger partial charge in [-0.05, 0) is 24.1 Å². The van der Waals surface area contributed by atoms with E-state index >= 15 is 0 Å². The molecule has 2 aliphatic rings. The summed E-state index contributed by atoms with van der Waals surface area (Å²) in [5, 5.41) is 3.41. The summed E-state index contributed by atoms with van der Waals surface area (Å²) in [6.07, 6.45) is 1.26. The number of amides is 1. The Morgan fingerprint density at radius 3 is 2.50 bits per heavy atom. The maximum absolute atomic E-state index is 11.1. The highest BCUT2D eigenvalue weighted by molar-refractivity contribution is 5.92. The topological polar surface area (TPSA) is 61.6 Å². The van der Waals surface area contributed by atoms with E-state index in [-0.39, 0.29) is 18.3 Å². The second-order valence-electron chi connectivity index (χ2n) is 6.02. The standard InChI is InChI=1S/C16H24N4O.ClH/c17-16(21)14-3-1-13(2-4-14)11-19-8-5-15(12-19)20-9-6-18-7-10-20;/h1-4,15,18H,5-12H2,(H2,17,21);1H. The average molecular weight is 325 g/mol. The molecule has 0 spiro atoms. The smallest absolute Gasteiger partial charge is 0.248 e. The van der Waals surface area contributed by atoms with Gasteiger partial charge in [0.05, 0.1) is 0 Å². The lowest BCUT2D eigenvalue weighted by Gasteiger charge is -2.32. The van der Waals surface area contributed by atoms with Crippen LogP contribution in [-0.4, -0.2) is 61.0 Å². The Labute approximate surface area is 138 Å². The Balaban J connectivity index is 0.00000176. The van der Waals surface area contributed by atoms with Crippen LogP contribution in [0.4, 0.5) is 0 Å². The molecular weight excluding hydrogens is 300 g/mol. The largest absolute Gasteiger partial charge is 0.366 e. The van der Waals surface area contributed by atoms with E-state index in [0.29, 0.717) is 11.6 Å². The van der Waals surface area contributed by atoms with E-state index in [9.17, 15) is 4.79 Å². The molecule has 2 saturated heterocycles. The molecule has 1 amide bonds. The number of hydrogen-bond acceptors (Lipinski definition) is 4. The molecule has 1 unspecified atom stereocenters. The first-order valence-corrected chi connectivity index (χ1v) is 7.78. The predicted molar refractivity (Wildman–Crippen MR) is 90.3 cm³/mol. The van der Waals surface area contributed by atoms with Gasteiger partial charge in [0.2, 0.25) is 5.91 Å². The number of nitrogens with one attached hydrogen (secondary N) is 1. The van der Waals surface area contributed by atoms with E-state index in [4.69, 9.17) is 5.73 Å². The second kappa shape index (κ2) is 7.92. The summed E-state index contributed by atoms with van der Waals surface area (Å²) in [4.78, 5) is 16.2. The van der Waals surface area contributed by atoms with Gasteiger partial charge in [0.15, 0.2) is 0 Å². The zero-order valence-electron chi connectivity index (χ0n) is 12.8. The molecule has 2 fully saturated rings. The summed E-state index contributed by atoms with van der Waals surface area (Å²) in [6, 6.07) is 8.37. The monoisotopic (exact) mass is 324 g/mol. The molecule has 22 heavy (non-hydrogen) atoms. The molecule has 6 heteroatoms. The van der Waals surface area contributed by atoms with Gasteiger partial charge in [-0.3, -0.25) is 14.6 Å². The maximum Gasteiger partial charge on any atom is 0.248 e. The molecule has 2 aliphatic heterocycles. The number of nitrogens with zero attached hydrogens (tertiary/aromatic N) is 2. The molecule has 0 bridgehead atoms. The van der Waals surface area contributed by atoms with Gasteiger partial charge in [-0.1, -0.05) is 12.1 Å². The lowest BCUT2D eigenvalue weighted by atomic mass is 10.1. The highest BCUT2D eigenvalue weighted by Crippen LogP contribution is 2.18. The first kappa shape index (κ1) is 17.2. The van der Waals surface area contributed by atoms with E-state index in [0.717, 1.165) is 32.7 Å². The van der Waals surface area contributed by atoms with Crippen LogP contribution in [0.3, 0.4) is 0 Å². The van der Waals surface area contributed by atoms with Gasteiger partial charge < -0.3 is 11.1 Å². The van der Waals surface area contributed by atoms with Crippen LogP contribution in [0.1, 0.15) is 22.3 Å². The van der Waals surface area contributed by atoms with E-state index in [1.165, 1.54) is 25.1 Å². The SMILES string of the molecule is Cl.NC(=O)c1ccc(CN2CCC(N3CCNCC3)C2)cc1. The fraction of sp³-hybridized carbons (Fsp3) is 0.562. The van der Waals surface area contributed by atoms with Gasteiger partial charge in [0.1, 0.15) is 0 Å². The van der Waals surface area contributed by atoms with E-state index in [2.05, 4.69) is 15.1 Å². The first-order valence-electron chi connectivity index (χ1n) is 7.78. The third-order valence-corrected chi connectivity index (χ3v) is 4.56. The van der Waals surface area contributed by atoms with Gasteiger partial charge in [-0.2, -0.15) is 0 Å². The summed E-state index contributed by atoms with van der Waals surface area (Å²) in [5.41, 5.74) is 7.10. The van der Waals surface area contributed by atoms with Crippen molar-refractivity contribution in [3.8, 4) is 0 Å². The van der Waals surface area contributed by atoms with Crippen LogP contribution < -0.4 is 11.1 Å². The molecule has 0 saturated carbocycles. The van der Waals surface area contributed by atoms with Crippen molar-refractivity contribution in [2.45, 2.75) is 19.0 Å². The minimum atomic E-state index is -0.360. The Bertz CT molecular complexity index is 487. The molecule has 0 aliphatic carbocycles. The van der Waals surface area contributed by atoms with Crippen LogP contribution in [0.15, 0.2) is 24.3 Å². The zero-order chi connectivity index (χ0) is 14.7. The number of primary amides is 1. The number of likely N-dealkylation sites (tertiary alicyclic amines) is 1. The molecule has 3 N–H and O–H groups in total. The first-order chi connectivity index (χ1) is 10.2. The normalized spacial score (nSPS) is 23.2. The number of carbonyl (C=O) groups excluding carboxylic acids is 1. The van der Waals surface area contributed by atoms with Crippen LogP contribution in [0.5, 0.6) is 0 Å².